The smallest absolute Gasteiger partial charge is 0.225 e. The van der Waals surface area contributed by atoms with E-state index in [1.165, 1.54) is 11.1 Å². The van der Waals surface area contributed by atoms with Crippen molar-refractivity contribution in [3.05, 3.63) is 35.4 Å². The molecule has 34 heavy (non-hydrogen) atoms. The predicted molar refractivity (Wildman–Crippen MR) is 139 cm³/mol. The summed E-state index contributed by atoms with van der Waals surface area (Å²) in [6.45, 7) is 17.3. The van der Waals surface area contributed by atoms with Gasteiger partial charge in [0.1, 0.15) is 0 Å². The van der Waals surface area contributed by atoms with Crippen LogP contribution in [0.4, 0.5) is 0 Å². The molecule has 0 saturated carbocycles. The number of carbonyl (C=O) groups is 1. The van der Waals surface area contributed by atoms with Crippen LogP contribution in [0, 0.1) is 17.8 Å². The Balaban J connectivity index is 1.21. The fourth-order valence-electron chi connectivity index (χ4n) is 6.17. The lowest BCUT2D eigenvalue weighted by Crippen LogP contribution is -2.46. The van der Waals surface area contributed by atoms with Gasteiger partial charge in [-0.1, -0.05) is 52.0 Å². The SMILES string of the molecule is CCN1CCC(OC(CC2CCN(CCCN3CCc4ccccc4C3)C(=O)C2C)C(C)C)C1. The molecule has 4 rings (SSSR count). The van der Waals surface area contributed by atoms with E-state index in [0.717, 1.165) is 84.5 Å². The van der Waals surface area contributed by atoms with Crippen molar-refractivity contribution in [2.75, 3.05) is 45.8 Å². The maximum absolute atomic E-state index is 13.2. The number of amides is 1. The van der Waals surface area contributed by atoms with E-state index in [1.54, 1.807) is 0 Å². The average Bonchev–Trinajstić information content (AvgIpc) is 3.30. The van der Waals surface area contributed by atoms with Crippen molar-refractivity contribution >= 4 is 5.91 Å². The number of hydrogen-bond donors (Lipinski definition) is 0. The van der Waals surface area contributed by atoms with E-state index in [0.29, 0.717) is 23.8 Å². The topological polar surface area (TPSA) is 36.0 Å². The number of likely N-dealkylation sites (N-methyl/N-ethyl adjacent to an activating group) is 1. The molecule has 3 aliphatic heterocycles. The molecule has 5 heteroatoms. The standard InChI is InChI=1S/C29H47N3O2/c1-5-30-17-13-27(21-30)34-28(22(2)3)19-25-12-18-32(29(33)23(25)4)15-8-14-31-16-11-24-9-6-7-10-26(24)20-31/h6-7,9-10,22-23,25,27-28H,5,8,11-21H2,1-4H3. The first-order valence-electron chi connectivity index (χ1n) is 13.9. The molecular formula is C29H47N3O2. The first-order chi connectivity index (χ1) is 16.4. The van der Waals surface area contributed by atoms with Crippen LogP contribution in [0.15, 0.2) is 24.3 Å². The lowest BCUT2D eigenvalue weighted by molar-refractivity contribution is -0.142. The van der Waals surface area contributed by atoms with Gasteiger partial charge in [-0.3, -0.25) is 9.69 Å². The third kappa shape index (κ3) is 6.41. The van der Waals surface area contributed by atoms with Gasteiger partial charge in [0.15, 0.2) is 0 Å². The highest BCUT2D eigenvalue weighted by molar-refractivity contribution is 5.79. The lowest BCUT2D eigenvalue weighted by Gasteiger charge is -2.39. The Bertz CT molecular complexity index is 797. The molecule has 0 aromatic heterocycles. The van der Waals surface area contributed by atoms with Crippen LogP contribution >= 0.6 is 0 Å². The van der Waals surface area contributed by atoms with E-state index in [2.05, 4.69) is 66.7 Å². The van der Waals surface area contributed by atoms with E-state index in [4.69, 9.17) is 4.74 Å². The lowest BCUT2D eigenvalue weighted by atomic mass is 9.80. The van der Waals surface area contributed by atoms with Crippen LogP contribution in [-0.4, -0.2) is 78.6 Å². The maximum atomic E-state index is 13.2. The van der Waals surface area contributed by atoms with Crippen molar-refractivity contribution in [1.82, 2.24) is 14.7 Å². The zero-order valence-electron chi connectivity index (χ0n) is 22.0. The molecule has 190 valence electrons. The van der Waals surface area contributed by atoms with Crippen LogP contribution in [0.2, 0.25) is 0 Å². The molecule has 2 fully saturated rings. The van der Waals surface area contributed by atoms with Crippen LogP contribution in [0.3, 0.4) is 0 Å². The number of rotatable bonds is 10. The van der Waals surface area contributed by atoms with Crippen molar-refractivity contribution in [2.45, 2.75) is 78.6 Å². The van der Waals surface area contributed by atoms with E-state index in [-0.39, 0.29) is 12.0 Å². The van der Waals surface area contributed by atoms with Crippen LogP contribution in [-0.2, 0) is 22.5 Å². The molecule has 1 aromatic rings. The van der Waals surface area contributed by atoms with Crippen LogP contribution in [0.5, 0.6) is 0 Å². The van der Waals surface area contributed by atoms with Gasteiger partial charge in [0.05, 0.1) is 12.2 Å². The Kier molecular flexibility index (Phi) is 9.06. The van der Waals surface area contributed by atoms with Gasteiger partial charge in [-0.25, -0.2) is 0 Å². The van der Waals surface area contributed by atoms with Crippen molar-refractivity contribution in [2.24, 2.45) is 17.8 Å². The normalized spacial score (nSPS) is 27.4. The van der Waals surface area contributed by atoms with Crippen LogP contribution < -0.4 is 0 Å². The molecule has 1 aromatic carbocycles. The van der Waals surface area contributed by atoms with E-state index < -0.39 is 0 Å². The minimum Gasteiger partial charge on any atom is -0.373 e. The van der Waals surface area contributed by atoms with Gasteiger partial charge in [0, 0.05) is 51.7 Å². The third-order valence-corrected chi connectivity index (χ3v) is 8.61. The molecule has 0 spiro atoms. The Morgan fingerprint density at radius 1 is 1.03 bits per heavy atom. The van der Waals surface area contributed by atoms with Gasteiger partial charge in [-0.05, 0) is 61.6 Å². The fraction of sp³-hybridized carbons (Fsp3) is 0.759. The number of ether oxygens (including phenoxy) is 1. The summed E-state index contributed by atoms with van der Waals surface area (Å²) < 4.78 is 6.60. The molecule has 4 unspecified atom stereocenters. The Morgan fingerprint density at radius 2 is 1.82 bits per heavy atom. The quantitative estimate of drug-likeness (QED) is 0.507. The number of hydrogen-bond acceptors (Lipinski definition) is 4. The Hall–Kier alpha value is -1.43. The van der Waals surface area contributed by atoms with Crippen LogP contribution in [0.25, 0.3) is 0 Å². The summed E-state index contributed by atoms with van der Waals surface area (Å²) in [6, 6.07) is 8.82. The summed E-state index contributed by atoms with van der Waals surface area (Å²) in [4.78, 5) is 20.4. The summed E-state index contributed by atoms with van der Waals surface area (Å²) >= 11 is 0. The molecule has 0 N–H and O–H groups in total. The molecule has 5 nitrogen and oxygen atoms in total. The fourth-order valence-corrected chi connectivity index (χ4v) is 6.17. The Morgan fingerprint density at radius 3 is 2.56 bits per heavy atom. The third-order valence-electron chi connectivity index (χ3n) is 8.61. The maximum Gasteiger partial charge on any atom is 0.225 e. The van der Waals surface area contributed by atoms with Crippen LogP contribution in [0.1, 0.15) is 64.5 Å². The second kappa shape index (κ2) is 12.0. The summed E-state index contributed by atoms with van der Waals surface area (Å²) in [6.07, 6.45) is 6.12. The molecule has 3 aliphatic rings. The number of nitrogens with zero attached hydrogens (tertiary/aromatic N) is 3. The van der Waals surface area contributed by atoms with Gasteiger partial charge in [0.25, 0.3) is 0 Å². The summed E-state index contributed by atoms with van der Waals surface area (Å²) in [5.74, 6) is 1.40. The zero-order chi connectivity index (χ0) is 24.1. The van der Waals surface area contributed by atoms with E-state index in [1.807, 2.05) is 0 Å². The van der Waals surface area contributed by atoms with Crippen molar-refractivity contribution in [3.63, 3.8) is 0 Å². The summed E-state index contributed by atoms with van der Waals surface area (Å²) in [5.41, 5.74) is 2.98. The number of likely N-dealkylation sites (tertiary alicyclic amines) is 2. The molecular weight excluding hydrogens is 422 g/mol. The first kappa shape index (κ1) is 25.7. The van der Waals surface area contributed by atoms with Crippen molar-refractivity contribution in [3.8, 4) is 0 Å². The molecule has 4 atom stereocenters. The highest BCUT2D eigenvalue weighted by Gasteiger charge is 2.36. The molecule has 0 aliphatic carbocycles. The van der Waals surface area contributed by atoms with Gasteiger partial charge in [-0.2, -0.15) is 0 Å². The number of carbonyl (C=O) groups excluding carboxylic acids is 1. The molecule has 0 bridgehead atoms. The number of fused-ring (bicyclic) bond motifs is 1. The molecule has 2 saturated heterocycles. The zero-order valence-corrected chi connectivity index (χ0v) is 22.0. The summed E-state index contributed by atoms with van der Waals surface area (Å²) in [5, 5.41) is 0. The summed E-state index contributed by atoms with van der Waals surface area (Å²) in [7, 11) is 0. The monoisotopic (exact) mass is 469 g/mol. The largest absolute Gasteiger partial charge is 0.373 e. The molecule has 3 heterocycles. The minimum atomic E-state index is 0.108. The van der Waals surface area contributed by atoms with Crippen molar-refractivity contribution < 1.29 is 9.53 Å². The first-order valence-corrected chi connectivity index (χ1v) is 13.9. The number of benzene rings is 1. The highest BCUT2D eigenvalue weighted by Crippen LogP contribution is 2.32. The highest BCUT2D eigenvalue weighted by atomic mass is 16.5. The minimum absolute atomic E-state index is 0.108. The second-order valence-corrected chi connectivity index (χ2v) is 11.3. The predicted octanol–water partition coefficient (Wildman–Crippen LogP) is 4.44. The van der Waals surface area contributed by atoms with E-state index >= 15 is 0 Å². The van der Waals surface area contributed by atoms with Gasteiger partial charge < -0.3 is 14.5 Å². The van der Waals surface area contributed by atoms with Crippen molar-refractivity contribution in [1.29, 1.82) is 0 Å². The second-order valence-electron chi connectivity index (χ2n) is 11.3. The van der Waals surface area contributed by atoms with E-state index in [9.17, 15) is 4.79 Å². The average molecular weight is 470 g/mol. The number of piperidine rings is 1. The molecule has 1 amide bonds. The molecule has 0 radical (unpaired) electrons. The Labute approximate surface area is 207 Å². The van der Waals surface area contributed by atoms with Gasteiger partial charge >= 0.3 is 0 Å². The van der Waals surface area contributed by atoms with Gasteiger partial charge in [-0.15, -0.1) is 0 Å². The van der Waals surface area contributed by atoms with Gasteiger partial charge in [0.2, 0.25) is 5.91 Å².